The van der Waals surface area contributed by atoms with Gasteiger partial charge in [0.15, 0.2) is 0 Å². The number of carbonyl (C=O) groups excluding carboxylic acids is 2. The van der Waals surface area contributed by atoms with Crippen molar-refractivity contribution in [2.75, 3.05) is 13.1 Å². The molecule has 7 heteroatoms. The maximum Gasteiger partial charge on any atom is 0.306 e. The third-order valence-electron chi connectivity index (χ3n) is 2.71. The highest BCUT2D eigenvalue weighted by atomic mass is 32.1. The highest BCUT2D eigenvalue weighted by Crippen LogP contribution is 2.07. The molecule has 0 radical (unpaired) electrons. The van der Waals surface area contributed by atoms with Crippen LogP contribution in [0.2, 0.25) is 0 Å². The van der Waals surface area contributed by atoms with Gasteiger partial charge in [-0.2, -0.15) is 0 Å². The number of thiophene rings is 1. The van der Waals surface area contributed by atoms with Crippen LogP contribution in [0.5, 0.6) is 0 Å². The molecule has 3 N–H and O–H groups in total. The normalized spacial score (nSPS) is 11.7. The highest BCUT2D eigenvalue weighted by Gasteiger charge is 2.11. The molecule has 1 rings (SSSR count). The van der Waals surface area contributed by atoms with Crippen LogP contribution in [0.4, 0.5) is 0 Å². The average Bonchev–Trinajstić information content (AvgIpc) is 2.94. The molecule has 1 aromatic heterocycles. The number of nitrogens with one attached hydrogen (secondary N) is 2. The smallest absolute Gasteiger partial charge is 0.306 e. The molecule has 2 amide bonds. The van der Waals surface area contributed by atoms with E-state index in [0.29, 0.717) is 24.3 Å². The molecule has 1 atom stereocenters. The molecular formula is C13H18N2O4S. The van der Waals surface area contributed by atoms with E-state index in [4.69, 9.17) is 5.11 Å². The van der Waals surface area contributed by atoms with Gasteiger partial charge in [-0.3, -0.25) is 14.4 Å². The molecule has 0 aliphatic rings. The van der Waals surface area contributed by atoms with Gasteiger partial charge in [-0.05, 0) is 24.3 Å². The van der Waals surface area contributed by atoms with Crippen LogP contribution < -0.4 is 10.6 Å². The minimum Gasteiger partial charge on any atom is -0.481 e. The molecule has 110 valence electrons. The molecule has 0 fully saturated rings. The summed E-state index contributed by atoms with van der Waals surface area (Å²) in [7, 11) is 0. The molecule has 0 saturated heterocycles. The van der Waals surface area contributed by atoms with E-state index in [9.17, 15) is 14.4 Å². The van der Waals surface area contributed by atoms with Crippen molar-refractivity contribution in [3.05, 3.63) is 22.4 Å². The Morgan fingerprint density at radius 3 is 2.70 bits per heavy atom. The van der Waals surface area contributed by atoms with Gasteiger partial charge < -0.3 is 15.7 Å². The van der Waals surface area contributed by atoms with Crippen molar-refractivity contribution in [1.29, 1.82) is 0 Å². The van der Waals surface area contributed by atoms with Gasteiger partial charge in [0, 0.05) is 6.54 Å². The van der Waals surface area contributed by atoms with Crippen LogP contribution in [-0.4, -0.2) is 36.0 Å². The summed E-state index contributed by atoms with van der Waals surface area (Å²) in [5.74, 6) is -1.79. The minimum absolute atomic E-state index is 0.0782. The van der Waals surface area contributed by atoms with Crippen molar-refractivity contribution in [3.63, 3.8) is 0 Å². The van der Waals surface area contributed by atoms with Crippen LogP contribution in [0.3, 0.4) is 0 Å². The molecule has 0 aliphatic heterocycles. The van der Waals surface area contributed by atoms with Crippen molar-refractivity contribution in [2.45, 2.75) is 19.8 Å². The van der Waals surface area contributed by atoms with Gasteiger partial charge in [0.1, 0.15) is 0 Å². The van der Waals surface area contributed by atoms with Gasteiger partial charge in [-0.25, -0.2) is 0 Å². The van der Waals surface area contributed by atoms with Crippen molar-refractivity contribution < 1.29 is 19.5 Å². The lowest BCUT2D eigenvalue weighted by Gasteiger charge is -2.08. The topological polar surface area (TPSA) is 95.5 Å². The minimum atomic E-state index is -0.834. The molecule has 6 nitrogen and oxygen atoms in total. The molecule has 1 unspecified atom stereocenters. The molecule has 20 heavy (non-hydrogen) atoms. The van der Waals surface area contributed by atoms with E-state index in [1.54, 1.807) is 24.4 Å². The van der Waals surface area contributed by atoms with Crippen molar-refractivity contribution in [2.24, 2.45) is 5.92 Å². The van der Waals surface area contributed by atoms with Gasteiger partial charge in [0.05, 0.1) is 17.3 Å². The van der Waals surface area contributed by atoms with E-state index in [1.807, 2.05) is 0 Å². The average molecular weight is 298 g/mol. The first-order valence-electron chi connectivity index (χ1n) is 6.32. The van der Waals surface area contributed by atoms with Crippen LogP contribution in [-0.2, 0) is 9.59 Å². The van der Waals surface area contributed by atoms with Gasteiger partial charge >= 0.3 is 5.97 Å². The van der Waals surface area contributed by atoms with Gasteiger partial charge in [0.25, 0.3) is 5.91 Å². The first-order valence-corrected chi connectivity index (χ1v) is 7.20. The number of carboxylic acid groups (broad SMARTS) is 1. The molecule has 0 saturated carbocycles. The maximum absolute atomic E-state index is 11.6. The van der Waals surface area contributed by atoms with E-state index in [2.05, 4.69) is 10.6 Å². The van der Waals surface area contributed by atoms with Crippen LogP contribution in [0, 0.1) is 5.92 Å². The lowest BCUT2D eigenvalue weighted by Crippen LogP contribution is -2.37. The summed E-state index contributed by atoms with van der Waals surface area (Å²) in [6.45, 7) is 1.96. The third kappa shape index (κ3) is 5.83. The fourth-order valence-electron chi connectivity index (χ4n) is 1.48. The predicted molar refractivity (Wildman–Crippen MR) is 75.7 cm³/mol. The predicted octanol–water partition coefficient (Wildman–Crippen LogP) is 1.09. The Morgan fingerprint density at radius 2 is 2.10 bits per heavy atom. The zero-order valence-corrected chi connectivity index (χ0v) is 12.0. The molecule has 0 aliphatic carbocycles. The Labute approximate surface area is 121 Å². The zero-order chi connectivity index (χ0) is 15.0. The first-order chi connectivity index (χ1) is 9.50. The summed E-state index contributed by atoms with van der Waals surface area (Å²) < 4.78 is 0. The summed E-state index contributed by atoms with van der Waals surface area (Å²) >= 11 is 1.31. The van der Waals surface area contributed by atoms with Crippen LogP contribution in [0.25, 0.3) is 0 Å². The molecule has 0 spiro atoms. The number of aliphatic carboxylic acids is 1. The zero-order valence-electron chi connectivity index (χ0n) is 11.2. The summed E-state index contributed by atoms with van der Waals surface area (Å²) in [5, 5.41) is 15.6. The number of hydrogen-bond acceptors (Lipinski definition) is 4. The first kappa shape index (κ1) is 16.2. The summed E-state index contributed by atoms with van der Waals surface area (Å²) in [5.41, 5.74) is 0. The fraction of sp³-hybridized carbons (Fsp3) is 0.462. The number of carboxylic acids is 1. The number of carbonyl (C=O) groups is 3. The SMILES string of the molecule is CC(CCCNC(=O)CNC(=O)c1cccs1)C(=O)O. The van der Waals surface area contributed by atoms with E-state index in [-0.39, 0.29) is 18.4 Å². The number of amides is 2. The van der Waals surface area contributed by atoms with Gasteiger partial charge in [0.2, 0.25) is 5.91 Å². The maximum atomic E-state index is 11.6. The highest BCUT2D eigenvalue weighted by molar-refractivity contribution is 7.12. The molecule has 1 heterocycles. The molecule has 0 aromatic carbocycles. The fourth-order valence-corrected chi connectivity index (χ4v) is 2.12. The molecule has 1 aromatic rings. The van der Waals surface area contributed by atoms with Gasteiger partial charge in [-0.1, -0.05) is 13.0 Å². The number of hydrogen-bond donors (Lipinski definition) is 3. The lowest BCUT2D eigenvalue weighted by atomic mass is 10.1. The summed E-state index contributed by atoms with van der Waals surface area (Å²) in [6.07, 6.45) is 1.11. The monoisotopic (exact) mass is 298 g/mol. The van der Waals surface area contributed by atoms with Crippen LogP contribution >= 0.6 is 11.3 Å². The van der Waals surface area contributed by atoms with Gasteiger partial charge in [-0.15, -0.1) is 11.3 Å². The summed E-state index contributed by atoms with van der Waals surface area (Å²) in [4.78, 5) is 34.2. The quantitative estimate of drug-likeness (QED) is 0.626. The second-order valence-electron chi connectivity index (χ2n) is 4.39. The van der Waals surface area contributed by atoms with E-state index < -0.39 is 11.9 Å². The third-order valence-corrected chi connectivity index (χ3v) is 3.58. The Bertz CT molecular complexity index is 459. The standard InChI is InChI=1S/C13H18N2O4S/c1-9(13(18)19)4-2-6-14-11(16)8-15-12(17)10-5-3-7-20-10/h3,5,7,9H,2,4,6,8H2,1H3,(H,14,16)(H,15,17)(H,18,19). The Kier molecular flexibility index (Phi) is 6.72. The Hall–Kier alpha value is -1.89. The van der Waals surface area contributed by atoms with E-state index >= 15 is 0 Å². The van der Waals surface area contributed by atoms with Crippen LogP contribution in [0.1, 0.15) is 29.4 Å². The summed E-state index contributed by atoms with van der Waals surface area (Å²) in [6, 6.07) is 3.45. The second kappa shape index (κ2) is 8.31. The second-order valence-corrected chi connectivity index (χ2v) is 5.34. The van der Waals surface area contributed by atoms with Crippen LogP contribution in [0.15, 0.2) is 17.5 Å². The lowest BCUT2D eigenvalue weighted by molar-refractivity contribution is -0.141. The van der Waals surface area contributed by atoms with E-state index in [0.717, 1.165) is 0 Å². The molecular weight excluding hydrogens is 280 g/mol. The van der Waals surface area contributed by atoms with Crippen molar-refractivity contribution in [1.82, 2.24) is 10.6 Å². The number of rotatable bonds is 8. The van der Waals surface area contributed by atoms with Crippen molar-refractivity contribution >= 4 is 29.1 Å². The van der Waals surface area contributed by atoms with Crippen molar-refractivity contribution in [3.8, 4) is 0 Å². The Morgan fingerprint density at radius 1 is 1.35 bits per heavy atom. The molecule has 0 bridgehead atoms. The van der Waals surface area contributed by atoms with E-state index in [1.165, 1.54) is 11.3 Å². The largest absolute Gasteiger partial charge is 0.481 e. The Balaban J connectivity index is 2.12.